The van der Waals surface area contributed by atoms with E-state index in [2.05, 4.69) is 10.6 Å². The highest BCUT2D eigenvalue weighted by molar-refractivity contribution is 5.98. The van der Waals surface area contributed by atoms with E-state index in [1.165, 1.54) is 12.1 Å². The minimum atomic E-state index is -0.831. The highest BCUT2D eigenvalue weighted by Gasteiger charge is 2.26. The van der Waals surface area contributed by atoms with Gasteiger partial charge in [0.1, 0.15) is 11.9 Å². The number of halogens is 1. The Morgan fingerprint density at radius 1 is 0.750 bits per heavy atom. The predicted molar refractivity (Wildman–Crippen MR) is 107 cm³/mol. The van der Waals surface area contributed by atoms with Gasteiger partial charge >= 0.3 is 0 Å². The van der Waals surface area contributed by atoms with E-state index in [0.29, 0.717) is 0 Å². The van der Waals surface area contributed by atoms with Crippen LogP contribution in [0.15, 0.2) is 84.9 Å². The molecule has 0 aromatic heterocycles. The van der Waals surface area contributed by atoms with Crippen molar-refractivity contribution in [1.82, 2.24) is 5.32 Å². The summed E-state index contributed by atoms with van der Waals surface area (Å²) in [6.07, 6.45) is 0. The van der Waals surface area contributed by atoms with Crippen LogP contribution in [0, 0.1) is 5.82 Å². The molecule has 1 atom stereocenters. The third-order valence-corrected chi connectivity index (χ3v) is 4.41. The molecule has 0 heterocycles. The van der Waals surface area contributed by atoms with Gasteiger partial charge in [-0.1, -0.05) is 72.8 Å². The van der Waals surface area contributed by atoms with Crippen molar-refractivity contribution in [3.05, 3.63) is 102 Å². The number of carbonyl (C=O) groups excluding carboxylic acids is 2. The SMILES string of the molecule is CC(NC(=O)C(c1ccccc1)c1ccccc1)C(=O)Nc1ccccc1F. The van der Waals surface area contributed by atoms with E-state index in [0.717, 1.165) is 11.1 Å². The van der Waals surface area contributed by atoms with Crippen LogP contribution in [0.4, 0.5) is 10.1 Å². The summed E-state index contributed by atoms with van der Waals surface area (Å²) in [5, 5.41) is 5.25. The lowest BCUT2D eigenvalue weighted by Gasteiger charge is -2.21. The third kappa shape index (κ3) is 4.62. The maximum Gasteiger partial charge on any atom is 0.246 e. The topological polar surface area (TPSA) is 58.2 Å². The first kappa shape index (κ1) is 19.3. The molecule has 1 unspecified atom stereocenters. The molecule has 0 saturated carbocycles. The number of carbonyl (C=O) groups is 2. The molecule has 142 valence electrons. The van der Waals surface area contributed by atoms with Crippen LogP contribution in [0.25, 0.3) is 0 Å². The number of anilines is 1. The van der Waals surface area contributed by atoms with Gasteiger partial charge in [0.05, 0.1) is 11.6 Å². The van der Waals surface area contributed by atoms with Gasteiger partial charge < -0.3 is 10.6 Å². The van der Waals surface area contributed by atoms with Crippen molar-refractivity contribution in [1.29, 1.82) is 0 Å². The van der Waals surface area contributed by atoms with Crippen LogP contribution in [0.3, 0.4) is 0 Å². The molecule has 4 nitrogen and oxygen atoms in total. The Morgan fingerprint density at radius 2 is 1.25 bits per heavy atom. The molecule has 3 aromatic carbocycles. The number of para-hydroxylation sites is 1. The minimum Gasteiger partial charge on any atom is -0.344 e. The fraction of sp³-hybridized carbons (Fsp3) is 0.130. The van der Waals surface area contributed by atoms with E-state index in [9.17, 15) is 14.0 Å². The summed E-state index contributed by atoms with van der Waals surface area (Å²) < 4.78 is 13.7. The zero-order valence-corrected chi connectivity index (χ0v) is 15.4. The summed E-state index contributed by atoms with van der Waals surface area (Å²) in [5.41, 5.74) is 1.73. The van der Waals surface area contributed by atoms with Gasteiger partial charge in [0.2, 0.25) is 11.8 Å². The number of hydrogen-bond donors (Lipinski definition) is 2. The Balaban J connectivity index is 1.76. The van der Waals surface area contributed by atoms with Gasteiger partial charge in [0.25, 0.3) is 0 Å². The Labute approximate surface area is 163 Å². The molecule has 0 aliphatic carbocycles. The Bertz CT molecular complexity index is 906. The molecule has 3 rings (SSSR count). The number of nitrogens with one attached hydrogen (secondary N) is 2. The van der Waals surface area contributed by atoms with E-state index in [4.69, 9.17) is 0 Å². The summed E-state index contributed by atoms with van der Waals surface area (Å²) in [7, 11) is 0. The molecule has 2 amide bonds. The molecule has 0 saturated heterocycles. The second-order valence-corrected chi connectivity index (χ2v) is 6.45. The monoisotopic (exact) mass is 376 g/mol. The van der Waals surface area contributed by atoms with Gasteiger partial charge in [-0.2, -0.15) is 0 Å². The quantitative estimate of drug-likeness (QED) is 0.680. The predicted octanol–water partition coefficient (Wildman–Crippen LogP) is 4.10. The Morgan fingerprint density at radius 3 is 1.79 bits per heavy atom. The lowest BCUT2D eigenvalue weighted by atomic mass is 9.90. The zero-order valence-electron chi connectivity index (χ0n) is 15.4. The second-order valence-electron chi connectivity index (χ2n) is 6.45. The standard InChI is InChI=1S/C23H21FN2O2/c1-16(22(27)26-20-15-9-8-14-19(20)24)25-23(28)21(17-10-4-2-5-11-17)18-12-6-3-7-13-18/h2-16,21H,1H3,(H,25,28)(H,26,27). The van der Waals surface area contributed by atoms with E-state index < -0.39 is 23.7 Å². The van der Waals surface area contributed by atoms with Crippen molar-refractivity contribution in [3.63, 3.8) is 0 Å². The normalized spacial score (nSPS) is 11.7. The maximum atomic E-state index is 13.7. The van der Waals surface area contributed by atoms with Crippen LogP contribution in [0.5, 0.6) is 0 Å². The van der Waals surface area contributed by atoms with Crippen molar-refractivity contribution in [2.24, 2.45) is 0 Å². The maximum absolute atomic E-state index is 13.7. The lowest BCUT2D eigenvalue weighted by molar-refractivity contribution is -0.126. The smallest absolute Gasteiger partial charge is 0.246 e. The summed E-state index contributed by atoms with van der Waals surface area (Å²) >= 11 is 0. The number of amides is 2. The first-order chi connectivity index (χ1) is 13.6. The highest BCUT2D eigenvalue weighted by atomic mass is 19.1. The minimum absolute atomic E-state index is 0.0799. The first-order valence-corrected chi connectivity index (χ1v) is 9.02. The van der Waals surface area contributed by atoms with Gasteiger partial charge in [-0.25, -0.2) is 4.39 Å². The fourth-order valence-corrected chi connectivity index (χ4v) is 2.95. The van der Waals surface area contributed by atoms with Crippen molar-refractivity contribution in [3.8, 4) is 0 Å². The second kappa shape index (κ2) is 8.95. The highest BCUT2D eigenvalue weighted by Crippen LogP contribution is 2.25. The van der Waals surface area contributed by atoms with Crippen molar-refractivity contribution >= 4 is 17.5 Å². The van der Waals surface area contributed by atoms with E-state index in [1.54, 1.807) is 19.1 Å². The summed E-state index contributed by atoms with van der Waals surface area (Å²) in [6.45, 7) is 1.57. The third-order valence-electron chi connectivity index (χ3n) is 4.41. The number of rotatable bonds is 6. The Kier molecular flexibility index (Phi) is 6.17. The molecule has 28 heavy (non-hydrogen) atoms. The van der Waals surface area contributed by atoms with Gasteiger partial charge in [0, 0.05) is 0 Å². The molecule has 0 aliphatic rings. The largest absolute Gasteiger partial charge is 0.344 e. The first-order valence-electron chi connectivity index (χ1n) is 9.02. The molecule has 3 aromatic rings. The summed E-state index contributed by atoms with van der Waals surface area (Å²) in [4.78, 5) is 25.4. The van der Waals surface area contributed by atoms with Crippen molar-refractivity contribution in [2.45, 2.75) is 18.9 Å². The molecule has 0 fully saturated rings. The van der Waals surface area contributed by atoms with Crippen LogP contribution in [0.1, 0.15) is 24.0 Å². The Hall–Kier alpha value is -3.47. The lowest BCUT2D eigenvalue weighted by Crippen LogP contribution is -2.44. The zero-order chi connectivity index (χ0) is 19.9. The summed E-state index contributed by atoms with van der Waals surface area (Å²) in [5.74, 6) is -1.86. The molecule has 0 bridgehead atoms. The van der Waals surface area contributed by atoms with E-state index in [-0.39, 0.29) is 11.6 Å². The van der Waals surface area contributed by atoms with E-state index >= 15 is 0 Å². The molecule has 5 heteroatoms. The molecule has 0 aliphatic heterocycles. The van der Waals surface area contributed by atoms with Crippen LogP contribution in [-0.2, 0) is 9.59 Å². The fourth-order valence-electron chi connectivity index (χ4n) is 2.95. The van der Waals surface area contributed by atoms with Gasteiger partial charge in [-0.3, -0.25) is 9.59 Å². The number of hydrogen-bond acceptors (Lipinski definition) is 2. The van der Waals surface area contributed by atoms with Crippen LogP contribution in [-0.4, -0.2) is 17.9 Å². The molecule has 2 N–H and O–H groups in total. The average Bonchev–Trinajstić information content (AvgIpc) is 2.71. The molecular weight excluding hydrogens is 355 g/mol. The average molecular weight is 376 g/mol. The van der Waals surface area contributed by atoms with Crippen LogP contribution < -0.4 is 10.6 Å². The molecular formula is C23H21FN2O2. The van der Waals surface area contributed by atoms with Gasteiger partial charge in [0.15, 0.2) is 0 Å². The van der Waals surface area contributed by atoms with Crippen molar-refractivity contribution in [2.75, 3.05) is 5.32 Å². The van der Waals surface area contributed by atoms with Crippen LogP contribution >= 0.6 is 0 Å². The van der Waals surface area contributed by atoms with E-state index in [1.807, 2.05) is 60.7 Å². The van der Waals surface area contributed by atoms with Crippen LogP contribution in [0.2, 0.25) is 0 Å². The van der Waals surface area contributed by atoms with Gasteiger partial charge in [-0.05, 0) is 30.2 Å². The summed E-state index contributed by atoms with van der Waals surface area (Å²) in [6, 6.07) is 23.8. The molecule has 0 radical (unpaired) electrons. The van der Waals surface area contributed by atoms with Crippen molar-refractivity contribution < 1.29 is 14.0 Å². The van der Waals surface area contributed by atoms with Gasteiger partial charge in [-0.15, -0.1) is 0 Å². The molecule has 0 spiro atoms. The number of benzene rings is 3.